The van der Waals surface area contributed by atoms with Gasteiger partial charge in [-0.2, -0.15) is 0 Å². The summed E-state index contributed by atoms with van der Waals surface area (Å²) in [5.74, 6) is 1.52. The van der Waals surface area contributed by atoms with E-state index in [1.165, 1.54) is 35.0 Å². The topological polar surface area (TPSA) is 124 Å². The monoisotopic (exact) mass is 665 g/mol. The van der Waals surface area contributed by atoms with Crippen molar-refractivity contribution in [2.24, 2.45) is 5.92 Å². The van der Waals surface area contributed by atoms with Crippen molar-refractivity contribution in [1.82, 2.24) is 19.8 Å². The Labute approximate surface area is 282 Å². The molecule has 6 rings (SSSR count). The second-order valence-electron chi connectivity index (χ2n) is 11.7. The number of nitrogens with zero attached hydrogens (tertiary/aromatic N) is 3. The van der Waals surface area contributed by atoms with Crippen LogP contribution in [0.4, 0.5) is 10.1 Å². The molecule has 1 aliphatic heterocycles. The van der Waals surface area contributed by atoms with Gasteiger partial charge in [0, 0.05) is 36.6 Å². The van der Waals surface area contributed by atoms with Gasteiger partial charge in [0.25, 0.3) is 11.5 Å². The molecule has 0 aliphatic carbocycles. The molecule has 1 aliphatic rings. The normalized spacial score (nSPS) is 13.5. The molecular weight excluding hydrogens is 629 g/mol. The van der Waals surface area contributed by atoms with E-state index >= 15 is 0 Å². The lowest BCUT2D eigenvalue weighted by atomic mass is 9.98. The molecule has 0 atom stereocenters. The van der Waals surface area contributed by atoms with Crippen molar-refractivity contribution in [3.05, 3.63) is 113 Å². The summed E-state index contributed by atoms with van der Waals surface area (Å²) in [7, 11) is 3.23. The highest BCUT2D eigenvalue weighted by Gasteiger charge is 2.22. The van der Waals surface area contributed by atoms with Gasteiger partial charge >= 0.3 is 0 Å². The first kappa shape index (κ1) is 33.2. The summed E-state index contributed by atoms with van der Waals surface area (Å²) >= 11 is 0. The summed E-state index contributed by atoms with van der Waals surface area (Å²) in [4.78, 5) is 44.4. The average molecular weight is 666 g/mol. The van der Waals surface area contributed by atoms with E-state index in [0.717, 1.165) is 31.3 Å². The minimum Gasteiger partial charge on any atom is -0.493 e. The Morgan fingerprint density at radius 3 is 2.49 bits per heavy atom. The summed E-state index contributed by atoms with van der Waals surface area (Å²) < 4.78 is 33.0. The van der Waals surface area contributed by atoms with Crippen LogP contribution >= 0.6 is 0 Å². The SMILES string of the molecule is CNC(=O)CN1CCC(COc2cc3nccc(Oc4ccc(NC(=O)c5cccn(-c6cccc(F)c6)c5=O)cc4)c3cc2OC)CC1. The largest absolute Gasteiger partial charge is 0.493 e. The van der Waals surface area contributed by atoms with Crippen LogP contribution in [0.15, 0.2) is 96.1 Å². The highest BCUT2D eigenvalue weighted by molar-refractivity contribution is 6.04. The van der Waals surface area contributed by atoms with Crippen LogP contribution in [0.3, 0.4) is 0 Å². The molecule has 12 heteroatoms. The standard InChI is InChI=1S/C37H36FN5O6/c1-39-35(44)22-42-17-13-24(14-18-42)23-48-34-21-31-30(20-33(34)47-2)32(12-15-40-31)49-28-10-8-26(9-11-28)41-36(45)29-7-4-16-43(37(29)46)27-6-3-5-25(38)19-27/h3-12,15-16,19-21,24H,13-14,17-18,22-23H2,1-2H3,(H,39,44)(H,41,45). The Bertz CT molecular complexity index is 2030. The lowest BCUT2D eigenvalue weighted by Gasteiger charge is -2.31. The number of rotatable bonds is 11. The predicted molar refractivity (Wildman–Crippen MR) is 183 cm³/mol. The molecule has 5 aromatic rings. The first-order valence-electron chi connectivity index (χ1n) is 15.9. The quantitative estimate of drug-likeness (QED) is 0.192. The molecule has 49 heavy (non-hydrogen) atoms. The minimum atomic E-state index is -0.596. The summed E-state index contributed by atoms with van der Waals surface area (Å²) in [6, 6.07) is 20.7. The van der Waals surface area contributed by atoms with Gasteiger partial charge in [-0.25, -0.2) is 4.39 Å². The van der Waals surface area contributed by atoms with Crippen molar-refractivity contribution >= 4 is 28.4 Å². The number of halogens is 1. The number of fused-ring (bicyclic) bond motifs is 1. The van der Waals surface area contributed by atoms with Gasteiger partial charge in [-0.3, -0.25) is 28.8 Å². The van der Waals surface area contributed by atoms with E-state index in [2.05, 4.69) is 20.5 Å². The lowest BCUT2D eigenvalue weighted by molar-refractivity contribution is -0.122. The second kappa shape index (κ2) is 15.0. The number of aromatic nitrogens is 2. The zero-order valence-corrected chi connectivity index (χ0v) is 27.1. The van der Waals surface area contributed by atoms with Gasteiger partial charge in [0.15, 0.2) is 11.5 Å². The molecule has 1 fully saturated rings. The van der Waals surface area contributed by atoms with Crippen LogP contribution in [-0.2, 0) is 4.79 Å². The minimum absolute atomic E-state index is 0.0223. The Balaban J connectivity index is 1.10. The van der Waals surface area contributed by atoms with E-state index < -0.39 is 17.3 Å². The molecule has 2 aromatic heterocycles. The number of hydrogen-bond donors (Lipinski definition) is 2. The zero-order valence-electron chi connectivity index (χ0n) is 27.1. The third-order valence-corrected chi connectivity index (χ3v) is 8.43. The van der Waals surface area contributed by atoms with Gasteiger partial charge in [-0.1, -0.05) is 6.07 Å². The molecule has 0 radical (unpaired) electrons. The van der Waals surface area contributed by atoms with Gasteiger partial charge < -0.3 is 24.8 Å². The maximum absolute atomic E-state index is 13.7. The number of anilines is 1. The van der Waals surface area contributed by atoms with Crippen LogP contribution in [0.25, 0.3) is 16.6 Å². The van der Waals surface area contributed by atoms with Crippen LogP contribution < -0.4 is 30.4 Å². The number of likely N-dealkylation sites (tertiary alicyclic amines) is 1. The molecule has 3 heterocycles. The van der Waals surface area contributed by atoms with Crippen molar-refractivity contribution < 1.29 is 28.2 Å². The lowest BCUT2D eigenvalue weighted by Crippen LogP contribution is -2.41. The van der Waals surface area contributed by atoms with E-state index in [-0.39, 0.29) is 11.5 Å². The number of methoxy groups -OCH3 is 1. The van der Waals surface area contributed by atoms with Gasteiger partial charge in [0.05, 0.1) is 31.5 Å². The fourth-order valence-corrected chi connectivity index (χ4v) is 5.72. The molecule has 0 unspecified atom stereocenters. The van der Waals surface area contributed by atoms with E-state index in [0.29, 0.717) is 59.0 Å². The smallest absolute Gasteiger partial charge is 0.267 e. The highest BCUT2D eigenvalue weighted by Crippen LogP contribution is 2.37. The summed E-state index contributed by atoms with van der Waals surface area (Å²) in [6.45, 7) is 2.63. The molecule has 0 saturated carbocycles. The summed E-state index contributed by atoms with van der Waals surface area (Å²) in [6.07, 6.45) is 5.01. The fraction of sp³-hybridized carbons (Fsp3) is 0.243. The van der Waals surface area contributed by atoms with Crippen molar-refractivity contribution in [1.29, 1.82) is 0 Å². The molecule has 3 aromatic carbocycles. The molecule has 0 bridgehead atoms. The van der Waals surface area contributed by atoms with Crippen LogP contribution in [-0.4, -0.2) is 66.7 Å². The molecular formula is C37H36FN5O6. The third-order valence-electron chi connectivity index (χ3n) is 8.43. The van der Waals surface area contributed by atoms with Crippen molar-refractivity contribution in [2.75, 3.05) is 45.7 Å². The molecule has 2 N–H and O–H groups in total. The highest BCUT2D eigenvalue weighted by atomic mass is 19.1. The Morgan fingerprint density at radius 2 is 1.76 bits per heavy atom. The van der Waals surface area contributed by atoms with Crippen molar-refractivity contribution in [3.8, 4) is 28.7 Å². The van der Waals surface area contributed by atoms with Crippen molar-refractivity contribution in [3.63, 3.8) is 0 Å². The van der Waals surface area contributed by atoms with Crippen molar-refractivity contribution in [2.45, 2.75) is 12.8 Å². The van der Waals surface area contributed by atoms with Gasteiger partial charge in [0.1, 0.15) is 22.9 Å². The fourth-order valence-electron chi connectivity index (χ4n) is 5.72. The maximum atomic E-state index is 13.7. The van der Waals surface area contributed by atoms with E-state index in [4.69, 9.17) is 14.2 Å². The first-order chi connectivity index (χ1) is 23.8. The van der Waals surface area contributed by atoms with E-state index in [1.54, 1.807) is 62.8 Å². The number of carbonyl (C=O) groups excluding carboxylic acids is 2. The Hall–Kier alpha value is -5.75. The number of piperidine rings is 1. The maximum Gasteiger partial charge on any atom is 0.267 e. The molecule has 1 saturated heterocycles. The second-order valence-corrected chi connectivity index (χ2v) is 11.7. The summed E-state index contributed by atoms with van der Waals surface area (Å²) in [5.41, 5.74) is 0.788. The number of carbonyl (C=O) groups is 2. The van der Waals surface area contributed by atoms with Crippen LogP contribution in [0, 0.1) is 11.7 Å². The predicted octanol–water partition coefficient (Wildman–Crippen LogP) is 5.41. The number of likely N-dealkylation sites (N-methyl/N-ethyl adjacent to an activating group) is 1. The molecule has 2 amide bonds. The number of pyridine rings is 2. The number of ether oxygens (including phenoxy) is 3. The molecule has 0 spiro atoms. The Kier molecular flexibility index (Phi) is 10.1. The van der Waals surface area contributed by atoms with E-state index in [1.807, 2.05) is 12.1 Å². The van der Waals surface area contributed by atoms with Gasteiger partial charge in [-0.15, -0.1) is 0 Å². The molecule has 252 valence electrons. The Morgan fingerprint density at radius 1 is 0.959 bits per heavy atom. The summed E-state index contributed by atoms with van der Waals surface area (Å²) in [5, 5.41) is 6.14. The zero-order chi connectivity index (χ0) is 34.3. The third kappa shape index (κ3) is 7.87. The van der Waals surface area contributed by atoms with Crippen LogP contribution in [0.5, 0.6) is 23.0 Å². The number of amides is 2. The number of nitrogens with one attached hydrogen (secondary N) is 2. The first-order valence-corrected chi connectivity index (χ1v) is 15.9. The van der Waals surface area contributed by atoms with Crippen LogP contribution in [0.1, 0.15) is 23.2 Å². The molecule has 11 nitrogen and oxygen atoms in total. The average Bonchev–Trinajstić information content (AvgIpc) is 3.12. The van der Waals surface area contributed by atoms with Crippen LogP contribution in [0.2, 0.25) is 0 Å². The van der Waals surface area contributed by atoms with Gasteiger partial charge in [-0.05, 0) is 98.6 Å². The number of benzene rings is 3. The number of hydrogen-bond acceptors (Lipinski definition) is 8. The van der Waals surface area contributed by atoms with E-state index in [9.17, 15) is 18.8 Å². The van der Waals surface area contributed by atoms with Gasteiger partial charge in [0.2, 0.25) is 5.91 Å².